The van der Waals surface area contributed by atoms with Crippen LogP contribution in [0.25, 0.3) is 11.4 Å². The molecule has 0 aliphatic rings. The van der Waals surface area contributed by atoms with Crippen LogP contribution in [0.3, 0.4) is 0 Å². The monoisotopic (exact) mass is 530 g/mol. The van der Waals surface area contributed by atoms with Crippen LogP contribution >= 0.6 is 27.9 Å². The number of sulfonamides is 1. The van der Waals surface area contributed by atoms with E-state index in [-0.39, 0.29) is 10.7 Å². The summed E-state index contributed by atoms with van der Waals surface area (Å²) in [6.45, 7) is 1.14. The molecule has 0 saturated carbocycles. The van der Waals surface area contributed by atoms with E-state index < -0.39 is 10.0 Å². The average molecular weight is 531 g/mol. The van der Waals surface area contributed by atoms with Gasteiger partial charge in [0.1, 0.15) is 0 Å². The van der Waals surface area contributed by atoms with E-state index in [9.17, 15) is 8.42 Å². The van der Waals surface area contributed by atoms with Gasteiger partial charge in [-0.1, -0.05) is 60.7 Å². The Morgan fingerprint density at radius 1 is 0.938 bits per heavy atom. The zero-order chi connectivity index (χ0) is 22.6. The molecular formula is C21H19BrN6O2S2. The number of hydrogen-bond acceptors (Lipinski definition) is 7. The van der Waals surface area contributed by atoms with Crippen LogP contribution in [0.4, 0.5) is 0 Å². The van der Waals surface area contributed by atoms with E-state index in [2.05, 4.69) is 40.9 Å². The topological polar surface area (TPSA) is 118 Å². The number of halogens is 1. The molecule has 8 nitrogen and oxygen atoms in total. The van der Waals surface area contributed by atoms with Gasteiger partial charge in [0.25, 0.3) is 0 Å². The van der Waals surface area contributed by atoms with Crippen LogP contribution in [0.15, 0.2) is 87.1 Å². The van der Waals surface area contributed by atoms with Crippen LogP contribution < -0.4 is 5.14 Å². The summed E-state index contributed by atoms with van der Waals surface area (Å²) < 4.78 is 27.6. The van der Waals surface area contributed by atoms with E-state index in [0.717, 1.165) is 11.1 Å². The van der Waals surface area contributed by atoms with Crippen molar-refractivity contribution in [3.63, 3.8) is 0 Å². The smallest absolute Gasteiger partial charge is 0.238 e. The molecule has 32 heavy (non-hydrogen) atoms. The van der Waals surface area contributed by atoms with E-state index in [1.807, 2.05) is 60.7 Å². The normalized spacial score (nSPS) is 11.7. The third-order valence-corrected chi connectivity index (χ3v) is 7.44. The van der Waals surface area contributed by atoms with Gasteiger partial charge in [0.05, 0.1) is 15.4 Å². The first-order valence-electron chi connectivity index (χ1n) is 9.51. The Balaban J connectivity index is 1.80. The summed E-state index contributed by atoms with van der Waals surface area (Å²) >= 11 is 4.80. The molecule has 0 aliphatic carbocycles. The molecule has 1 heterocycles. The molecule has 0 radical (unpaired) electrons. The van der Waals surface area contributed by atoms with Crippen molar-refractivity contribution in [2.45, 2.75) is 22.9 Å². The number of nitrogens with zero attached hydrogens (tertiary/aromatic N) is 4. The lowest BCUT2D eigenvalue weighted by Gasteiger charge is -2.24. The summed E-state index contributed by atoms with van der Waals surface area (Å²) in [5, 5.41) is 19.7. The summed E-state index contributed by atoms with van der Waals surface area (Å²) in [5.41, 5.74) is 2.68. The van der Waals surface area contributed by atoms with Crippen molar-refractivity contribution in [1.82, 2.24) is 24.9 Å². The van der Waals surface area contributed by atoms with Crippen molar-refractivity contribution >= 4 is 37.9 Å². The molecule has 1 aromatic heterocycles. The number of primary sulfonamides is 1. The predicted molar refractivity (Wildman–Crippen MR) is 127 cm³/mol. The maximum atomic E-state index is 12.5. The van der Waals surface area contributed by atoms with Gasteiger partial charge in [-0.15, -0.1) is 10.2 Å². The van der Waals surface area contributed by atoms with Crippen molar-refractivity contribution in [2.75, 3.05) is 0 Å². The Kier molecular flexibility index (Phi) is 7.01. The van der Waals surface area contributed by atoms with Crippen LogP contribution in [0.1, 0.15) is 11.1 Å². The Hall–Kier alpha value is -2.57. The Bertz CT molecular complexity index is 1250. The highest BCUT2D eigenvalue weighted by Crippen LogP contribution is 2.41. The number of rotatable bonds is 8. The number of hydrogen-bond donors (Lipinski definition) is 2. The van der Waals surface area contributed by atoms with Crippen LogP contribution in [0, 0.1) is 0 Å². The van der Waals surface area contributed by atoms with Crippen molar-refractivity contribution in [3.8, 4) is 11.4 Å². The molecule has 4 rings (SSSR count). The average Bonchev–Trinajstić information content (AvgIpc) is 3.29. The first-order chi connectivity index (χ1) is 15.4. The third-order valence-electron chi connectivity index (χ3n) is 4.57. The van der Waals surface area contributed by atoms with E-state index in [1.165, 1.54) is 18.0 Å². The predicted octanol–water partition coefficient (Wildman–Crippen LogP) is 3.99. The minimum absolute atomic E-state index is 0.00313. The van der Waals surface area contributed by atoms with Gasteiger partial charge in [-0.2, -0.15) is 5.21 Å². The maximum absolute atomic E-state index is 12.5. The molecule has 0 amide bonds. The molecular weight excluding hydrogens is 512 g/mol. The molecule has 0 saturated heterocycles. The van der Waals surface area contributed by atoms with Gasteiger partial charge in [0, 0.05) is 17.6 Å². The van der Waals surface area contributed by atoms with Gasteiger partial charge in [0.2, 0.25) is 15.8 Å². The number of nitrogens with one attached hydrogen (secondary N) is 1. The largest absolute Gasteiger partial charge is 0.239 e. The SMILES string of the molecule is NS(=O)(=O)c1ccc(Br)c(-c2nn[nH]n2)c1SN(Cc1ccccc1)Cc1ccccc1. The van der Waals surface area contributed by atoms with Crippen LogP contribution in [0.5, 0.6) is 0 Å². The zero-order valence-electron chi connectivity index (χ0n) is 16.7. The highest BCUT2D eigenvalue weighted by molar-refractivity contribution is 9.10. The first kappa shape index (κ1) is 22.6. The Morgan fingerprint density at radius 2 is 1.53 bits per heavy atom. The summed E-state index contributed by atoms with van der Waals surface area (Å²) in [5.74, 6) is 0.268. The molecule has 0 fully saturated rings. The van der Waals surface area contributed by atoms with Gasteiger partial charge in [-0.05, 0) is 56.4 Å². The maximum Gasteiger partial charge on any atom is 0.239 e. The van der Waals surface area contributed by atoms with Gasteiger partial charge < -0.3 is 0 Å². The number of aromatic amines is 1. The molecule has 0 atom stereocenters. The van der Waals surface area contributed by atoms with E-state index in [4.69, 9.17) is 5.14 Å². The highest BCUT2D eigenvalue weighted by atomic mass is 79.9. The molecule has 11 heteroatoms. The summed E-state index contributed by atoms with van der Waals surface area (Å²) in [4.78, 5) is 0.423. The molecule has 0 aliphatic heterocycles. The second kappa shape index (κ2) is 9.92. The molecule has 0 bridgehead atoms. The molecule has 3 aromatic carbocycles. The Labute approximate surface area is 198 Å². The second-order valence-corrected chi connectivity index (χ2v) is 10.4. The number of aromatic nitrogens is 4. The first-order valence-corrected chi connectivity index (χ1v) is 12.6. The van der Waals surface area contributed by atoms with Crippen LogP contribution in [-0.4, -0.2) is 33.3 Å². The van der Waals surface area contributed by atoms with E-state index in [1.54, 1.807) is 6.07 Å². The van der Waals surface area contributed by atoms with Crippen LogP contribution in [0.2, 0.25) is 0 Å². The lowest BCUT2D eigenvalue weighted by Crippen LogP contribution is -2.18. The molecule has 4 aromatic rings. The summed E-state index contributed by atoms with van der Waals surface area (Å²) in [6.07, 6.45) is 0. The number of tetrazole rings is 1. The zero-order valence-corrected chi connectivity index (χ0v) is 19.9. The standard InChI is InChI=1S/C21H19BrN6O2S2/c22-17-11-12-18(32(23,29)30)20(19(17)21-24-26-27-25-21)31-28(13-15-7-3-1-4-8-15)14-16-9-5-2-6-10-16/h1-12H,13-14H2,(H2,23,29,30)(H,24,25,26,27). The van der Waals surface area contributed by atoms with Gasteiger partial charge >= 0.3 is 0 Å². The van der Waals surface area contributed by atoms with Crippen molar-refractivity contribution in [1.29, 1.82) is 0 Å². The lowest BCUT2D eigenvalue weighted by atomic mass is 10.2. The van der Waals surface area contributed by atoms with Crippen LogP contribution in [-0.2, 0) is 23.1 Å². The molecule has 164 valence electrons. The van der Waals surface area contributed by atoms with E-state index in [0.29, 0.717) is 28.0 Å². The number of nitrogens with two attached hydrogens (primary N) is 1. The van der Waals surface area contributed by atoms with Gasteiger partial charge in [-0.25, -0.2) is 17.9 Å². The number of H-pyrrole nitrogens is 1. The fraction of sp³-hybridized carbons (Fsp3) is 0.0952. The fourth-order valence-corrected chi connectivity index (χ4v) is 6.01. The van der Waals surface area contributed by atoms with Crippen molar-refractivity contribution in [2.24, 2.45) is 5.14 Å². The molecule has 3 N–H and O–H groups in total. The summed E-state index contributed by atoms with van der Waals surface area (Å²) in [7, 11) is -4.01. The second-order valence-electron chi connectivity index (χ2n) is 6.89. The highest BCUT2D eigenvalue weighted by Gasteiger charge is 2.25. The minimum Gasteiger partial charge on any atom is -0.238 e. The minimum atomic E-state index is -4.01. The van der Waals surface area contributed by atoms with Crippen molar-refractivity contribution < 1.29 is 8.42 Å². The Morgan fingerprint density at radius 3 is 2.03 bits per heavy atom. The quantitative estimate of drug-likeness (QED) is 0.330. The van der Waals surface area contributed by atoms with Crippen molar-refractivity contribution in [3.05, 3.63) is 88.4 Å². The third kappa shape index (κ3) is 5.43. The van der Waals surface area contributed by atoms with Gasteiger partial charge in [0.15, 0.2) is 0 Å². The van der Waals surface area contributed by atoms with Gasteiger partial charge in [-0.3, -0.25) is 0 Å². The summed E-state index contributed by atoms with van der Waals surface area (Å²) in [6, 6.07) is 23.0. The lowest BCUT2D eigenvalue weighted by molar-refractivity contribution is 0.461. The fourth-order valence-electron chi connectivity index (χ4n) is 3.15. The molecule has 0 spiro atoms. The molecule has 0 unspecified atom stereocenters. The van der Waals surface area contributed by atoms with E-state index >= 15 is 0 Å². The number of benzene rings is 3.